The summed E-state index contributed by atoms with van der Waals surface area (Å²) in [5, 5.41) is 3.18. The SMILES string of the molecule is CC1CC1C(=O)NC(CN(C)C)c1ccccc1. The highest BCUT2D eigenvalue weighted by Gasteiger charge is 2.39. The van der Waals surface area contributed by atoms with E-state index in [-0.39, 0.29) is 17.9 Å². The first-order valence-electron chi connectivity index (χ1n) is 6.58. The molecule has 98 valence electrons. The highest BCUT2D eigenvalue weighted by molar-refractivity contribution is 5.81. The van der Waals surface area contributed by atoms with Gasteiger partial charge in [0.25, 0.3) is 0 Å². The summed E-state index contributed by atoms with van der Waals surface area (Å²) in [6.07, 6.45) is 1.04. The molecule has 3 nitrogen and oxygen atoms in total. The van der Waals surface area contributed by atoms with Gasteiger partial charge in [-0.25, -0.2) is 0 Å². The molecular weight excluding hydrogens is 224 g/mol. The quantitative estimate of drug-likeness (QED) is 0.862. The Morgan fingerprint density at radius 1 is 1.39 bits per heavy atom. The van der Waals surface area contributed by atoms with Crippen LogP contribution in [0.1, 0.15) is 24.9 Å². The van der Waals surface area contributed by atoms with Crippen LogP contribution in [-0.4, -0.2) is 31.4 Å². The molecule has 1 N–H and O–H groups in total. The minimum Gasteiger partial charge on any atom is -0.348 e. The maximum Gasteiger partial charge on any atom is 0.223 e. The van der Waals surface area contributed by atoms with Crippen LogP contribution in [0.4, 0.5) is 0 Å². The first kappa shape index (κ1) is 13.1. The molecule has 1 fully saturated rings. The van der Waals surface area contributed by atoms with Gasteiger partial charge in [-0.1, -0.05) is 37.3 Å². The first-order chi connectivity index (χ1) is 8.58. The summed E-state index contributed by atoms with van der Waals surface area (Å²) in [5.74, 6) is 0.998. The Morgan fingerprint density at radius 3 is 2.50 bits per heavy atom. The van der Waals surface area contributed by atoms with E-state index in [9.17, 15) is 4.79 Å². The minimum absolute atomic E-state index is 0.0847. The van der Waals surface area contributed by atoms with E-state index in [2.05, 4.69) is 29.3 Å². The summed E-state index contributed by atoms with van der Waals surface area (Å²) in [5.41, 5.74) is 1.17. The second kappa shape index (κ2) is 5.53. The largest absolute Gasteiger partial charge is 0.348 e. The molecule has 3 unspecified atom stereocenters. The number of hydrogen-bond donors (Lipinski definition) is 1. The molecule has 1 aromatic rings. The van der Waals surface area contributed by atoms with E-state index in [1.165, 1.54) is 5.56 Å². The number of amides is 1. The lowest BCUT2D eigenvalue weighted by molar-refractivity contribution is -0.123. The molecule has 3 heteroatoms. The van der Waals surface area contributed by atoms with E-state index in [0.29, 0.717) is 5.92 Å². The summed E-state index contributed by atoms with van der Waals surface area (Å²) in [6, 6.07) is 10.3. The second-order valence-electron chi connectivity index (χ2n) is 5.55. The number of rotatable bonds is 5. The van der Waals surface area contributed by atoms with Gasteiger partial charge >= 0.3 is 0 Å². The van der Waals surface area contributed by atoms with Crippen molar-refractivity contribution in [2.45, 2.75) is 19.4 Å². The summed E-state index contributed by atoms with van der Waals surface area (Å²) in [7, 11) is 4.06. The molecule has 1 amide bonds. The molecule has 3 atom stereocenters. The number of likely N-dealkylation sites (N-methyl/N-ethyl adjacent to an activating group) is 1. The molecule has 0 saturated heterocycles. The Bertz CT molecular complexity index is 402. The van der Waals surface area contributed by atoms with Crippen molar-refractivity contribution >= 4 is 5.91 Å². The molecule has 0 spiro atoms. The van der Waals surface area contributed by atoms with Crippen molar-refractivity contribution in [1.29, 1.82) is 0 Å². The monoisotopic (exact) mass is 246 g/mol. The molecule has 0 heterocycles. The molecule has 18 heavy (non-hydrogen) atoms. The molecule has 0 radical (unpaired) electrons. The number of hydrogen-bond acceptors (Lipinski definition) is 2. The van der Waals surface area contributed by atoms with Gasteiger partial charge in [0.1, 0.15) is 0 Å². The van der Waals surface area contributed by atoms with Crippen molar-refractivity contribution in [1.82, 2.24) is 10.2 Å². The molecule has 2 rings (SSSR count). The highest BCUT2D eigenvalue weighted by atomic mass is 16.2. The maximum absolute atomic E-state index is 12.1. The normalized spacial score (nSPS) is 23.8. The van der Waals surface area contributed by atoms with Crippen LogP contribution in [0.2, 0.25) is 0 Å². The number of carbonyl (C=O) groups excluding carboxylic acids is 1. The van der Waals surface area contributed by atoms with Gasteiger partial charge in [-0.3, -0.25) is 4.79 Å². The van der Waals surface area contributed by atoms with E-state index < -0.39 is 0 Å². The molecular formula is C15H22N2O. The van der Waals surface area contributed by atoms with Crippen LogP contribution in [0.3, 0.4) is 0 Å². The van der Waals surface area contributed by atoms with Crippen LogP contribution in [0.15, 0.2) is 30.3 Å². The fraction of sp³-hybridized carbons (Fsp3) is 0.533. The van der Waals surface area contributed by atoms with Crippen molar-refractivity contribution in [2.75, 3.05) is 20.6 Å². The molecule has 0 aromatic heterocycles. The van der Waals surface area contributed by atoms with Crippen molar-refractivity contribution in [3.63, 3.8) is 0 Å². The predicted octanol–water partition coefficient (Wildman–Crippen LogP) is 2.06. The van der Waals surface area contributed by atoms with Crippen LogP contribution in [0.25, 0.3) is 0 Å². The van der Waals surface area contributed by atoms with Crippen molar-refractivity contribution in [2.24, 2.45) is 11.8 Å². The smallest absolute Gasteiger partial charge is 0.223 e. The molecule has 1 aliphatic carbocycles. The number of benzene rings is 1. The third-order valence-electron chi connectivity index (χ3n) is 3.51. The zero-order valence-corrected chi connectivity index (χ0v) is 11.4. The van der Waals surface area contributed by atoms with Gasteiger partial charge < -0.3 is 10.2 Å². The standard InChI is InChI=1S/C15H22N2O/c1-11-9-13(11)15(18)16-14(10-17(2)3)12-7-5-4-6-8-12/h4-8,11,13-14H,9-10H2,1-3H3,(H,16,18). The fourth-order valence-corrected chi connectivity index (χ4v) is 2.25. The minimum atomic E-state index is 0.0847. The van der Waals surface area contributed by atoms with Gasteiger partial charge in [-0.2, -0.15) is 0 Å². The predicted molar refractivity (Wildman–Crippen MR) is 73.2 cm³/mol. The lowest BCUT2D eigenvalue weighted by Crippen LogP contribution is -2.36. The average molecular weight is 246 g/mol. The Balaban J connectivity index is 2.03. The van der Waals surface area contributed by atoms with Crippen molar-refractivity contribution < 1.29 is 4.79 Å². The molecule has 1 aromatic carbocycles. The summed E-state index contributed by atoms with van der Waals surface area (Å²) < 4.78 is 0. The Kier molecular flexibility index (Phi) is 4.02. The number of nitrogens with zero attached hydrogens (tertiary/aromatic N) is 1. The van der Waals surface area contributed by atoms with Crippen molar-refractivity contribution in [3.8, 4) is 0 Å². The summed E-state index contributed by atoms with van der Waals surface area (Å²) >= 11 is 0. The molecule has 0 bridgehead atoms. The van der Waals surface area contributed by atoms with Gasteiger partial charge in [0.05, 0.1) is 6.04 Å². The van der Waals surface area contributed by atoms with Gasteiger partial charge in [-0.05, 0) is 32.0 Å². The van der Waals surface area contributed by atoms with E-state index in [0.717, 1.165) is 13.0 Å². The summed E-state index contributed by atoms with van der Waals surface area (Å²) in [6.45, 7) is 2.96. The van der Waals surface area contributed by atoms with Crippen molar-refractivity contribution in [3.05, 3.63) is 35.9 Å². The van der Waals surface area contributed by atoms with E-state index in [4.69, 9.17) is 0 Å². The third-order valence-corrected chi connectivity index (χ3v) is 3.51. The Labute approximate surface area is 109 Å². The van der Waals surface area contributed by atoms with Gasteiger partial charge in [0.15, 0.2) is 0 Å². The average Bonchev–Trinajstić information content (AvgIpc) is 3.06. The second-order valence-corrected chi connectivity index (χ2v) is 5.55. The van der Waals surface area contributed by atoms with Crippen LogP contribution in [0, 0.1) is 11.8 Å². The van der Waals surface area contributed by atoms with E-state index in [1.54, 1.807) is 0 Å². The number of carbonyl (C=O) groups is 1. The molecule has 1 aliphatic rings. The number of nitrogens with one attached hydrogen (secondary N) is 1. The topological polar surface area (TPSA) is 32.3 Å². The van der Waals surface area contributed by atoms with Crippen LogP contribution >= 0.6 is 0 Å². The van der Waals surface area contributed by atoms with Crippen LogP contribution in [0.5, 0.6) is 0 Å². The van der Waals surface area contributed by atoms with Gasteiger partial charge in [-0.15, -0.1) is 0 Å². The fourth-order valence-electron chi connectivity index (χ4n) is 2.25. The molecule has 0 aliphatic heterocycles. The Morgan fingerprint density at radius 2 is 2.00 bits per heavy atom. The van der Waals surface area contributed by atoms with Crippen LogP contribution in [-0.2, 0) is 4.79 Å². The third kappa shape index (κ3) is 3.33. The lowest BCUT2D eigenvalue weighted by atomic mass is 10.1. The van der Waals surface area contributed by atoms with E-state index in [1.807, 2.05) is 32.3 Å². The van der Waals surface area contributed by atoms with E-state index >= 15 is 0 Å². The first-order valence-corrected chi connectivity index (χ1v) is 6.58. The maximum atomic E-state index is 12.1. The summed E-state index contributed by atoms with van der Waals surface area (Å²) in [4.78, 5) is 14.2. The molecule has 1 saturated carbocycles. The zero-order valence-electron chi connectivity index (χ0n) is 11.4. The lowest BCUT2D eigenvalue weighted by Gasteiger charge is -2.23. The van der Waals surface area contributed by atoms with Gasteiger partial charge in [0, 0.05) is 12.5 Å². The van der Waals surface area contributed by atoms with Crippen LogP contribution < -0.4 is 5.32 Å². The Hall–Kier alpha value is -1.35. The zero-order chi connectivity index (χ0) is 13.1. The highest BCUT2D eigenvalue weighted by Crippen LogP contribution is 2.38. The van der Waals surface area contributed by atoms with Gasteiger partial charge in [0.2, 0.25) is 5.91 Å².